The summed E-state index contributed by atoms with van der Waals surface area (Å²) in [4.78, 5) is 4.37. The Morgan fingerprint density at radius 2 is 2.44 bits per heavy atom. The Morgan fingerprint density at radius 1 is 1.62 bits per heavy atom. The van der Waals surface area contributed by atoms with Gasteiger partial charge in [0.15, 0.2) is 11.4 Å². The molecule has 4 nitrogen and oxygen atoms in total. The van der Waals surface area contributed by atoms with E-state index >= 15 is 0 Å². The van der Waals surface area contributed by atoms with Crippen molar-refractivity contribution in [1.82, 2.24) is 9.38 Å². The third-order valence-corrected chi connectivity index (χ3v) is 2.28. The zero-order valence-electron chi connectivity index (χ0n) is 9.34. The van der Waals surface area contributed by atoms with Crippen LogP contribution in [-0.4, -0.2) is 16.0 Å². The van der Waals surface area contributed by atoms with E-state index in [0.29, 0.717) is 6.61 Å². The van der Waals surface area contributed by atoms with Crippen molar-refractivity contribution in [2.75, 3.05) is 6.61 Å². The van der Waals surface area contributed by atoms with Gasteiger partial charge in [-0.05, 0) is 26.0 Å². The Balaban J connectivity index is 2.27. The van der Waals surface area contributed by atoms with Crippen LogP contribution in [0.2, 0.25) is 0 Å². The summed E-state index contributed by atoms with van der Waals surface area (Å²) in [6, 6.07) is 5.91. The number of hydrogen-bond donors (Lipinski definition) is 0. The van der Waals surface area contributed by atoms with Crippen LogP contribution in [0, 0.1) is 24.2 Å². The highest BCUT2D eigenvalue weighted by Crippen LogP contribution is 2.19. The van der Waals surface area contributed by atoms with E-state index in [1.165, 1.54) is 0 Å². The van der Waals surface area contributed by atoms with Crippen LogP contribution in [0.4, 0.5) is 0 Å². The van der Waals surface area contributed by atoms with Gasteiger partial charge in [0.05, 0.1) is 17.7 Å². The maximum absolute atomic E-state index is 8.68. The van der Waals surface area contributed by atoms with E-state index in [2.05, 4.69) is 11.1 Å². The Bertz CT molecular complexity index is 539. The third kappa shape index (κ3) is 1.98. The van der Waals surface area contributed by atoms with Crippen LogP contribution in [0.15, 0.2) is 24.5 Å². The molecule has 2 heterocycles. The van der Waals surface area contributed by atoms with Crippen molar-refractivity contribution in [3.05, 3.63) is 30.2 Å². The number of rotatable bonds is 3. The number of ether oxygens (including phenoxy) is 1. The molecule has 0 saturated heterocycles. The zero-order valence-corrected chi connectivity index (χ0v) is 9.34. The van der Waals surface area contributed by atoms with E-state index in [4.69, 9.17) is 10.00 Å². The third-order valence-electron chi connectivity index (χ3n) is 2.28. The Hall–Kier alpha value is -2.02. The lowest BCUT2D eigenvalue weighted by atomic mass is 10.2. The van der Waals surface area contributed by atoms with Crippen LogP contribution >= 0.6 is 0 Å². The van der Waals surface area contributed by atoms with Crippen molar-refractivity contribution >= 4 is 5.65 Å². The van der Waals surface area contributed by atoms with Gasteiger partial charge in [-0.25, -0.2) is 4.98 Å². The lowest BCUT2D eigenvalue weighted by Crippen LogP contribution is -2.06. The predicted molar refractivity (Wildman–Crippen MR) is 60.2 cm³/mol. The van der Waals surface area contributed by atoms with Gasteiger partial charge in [0, 0.05) is 12.4 Å². The fraction of sp³-hybridized carbons (Fsp3) is 0.333. The van der Waals surface area contributed by atoms with E-state index in [0.717, 1.165) is 17.1 Å². The SMILES string of the molecule is Cc1cn2cccc(OCC(C)C#N)c2n1. The van der Waals surface area contributed by atoms with Crippen molar-refractivity contribution in [1.29, 1.82) is 5.26 Å². The first-order valence-electron chi connectivity index (χ1n) is 5.17. The van der Waals surface area contributed by atoms with Gasteiger partial charge in [-0.2, -0.15) is 5.26 Å². The summed E-state index contributed by atoms with van der Waals surface area (Å²) >= 11 is 0. The molecule has 0 bridgehead atoms. The van der Waals surface area contributed by atoms with Crippen LogP contribution < -0.4 is 4.74 Å². The molecule has 0 fully saturated rings. The molecule has 0 N–H and O–H groups in total. The van der Waals surface area contributed by atoms with Gasteiger partial charge in [-0.3, -0.25) is 0 Å². The quantitative estimate of drug-likeness (QED) is 0.788. The topological polar surface area (TPSA) is 50.3 Å². The van der Waals surface area contributed by atoms with Crippen molar-refractivity contribution in [2.45, 2.75) is 13.8 Å². The Morgan fingerprint density at radius 3 is 3.19 bits per heavy atom. The van der Waals surface area contributed by atoms with Crippen molar-refractivity contribution in [3.63, 3.8) is 0 Å². The molecule has 82 valence electrons. The number of fused-ring (bicyclic) bond motifs is 1. The molecule has 0 spiro atoms. The molecule has 4 heteroatoms. The number of aryl methyl sites for hydroxylation is 1. The zero-order chi connectivity index (χ0) is 11.5. The molecule has 0 radical (unpaired) electrons. The molecule has 0 saturated carbocycles. The van der Waals surface area contributed by atoms with Crippen molar-refractivity contribution in [2.24, 2.45) is 5.92 Å². The maximum atomic E-state index is 8.68. The number of aromatic nitrogens is 2. The van der Waals surface area contributed by atoms with Crippen molar-refractivity contribution in [3.8, 4) is 11.8 Å². The molecule has 1 unspecified atom stereocenters. The molecule has 0 aliphatic carbocycles. The molecule has 0 aliphatic rings. The first-order chi connectivity index (χ1) is 7.70. The van der Waals surface area contributed by atoms with Crippen LogP contribution in [0.3, 0.4) is 0 Å². The largest absolute Gasteiger partial charge is 0.488 e. The van der Waals surface area contributed by atoms with E-state index in [1.54, 1.807) is 0 Å². The molecule has 16 heavy (non-hydrogen) atoms. The smallest absolute Gasteiger partial charge is 0.179 e. The maximum Gasteiger partial charge on any atom is 0.179 e. The fourth-order valence-corrected chi connectivity index (χ4v) is 1.47. The minimum atomic E-state index is -0.115. The number of nitrogens with zero attached hydrogens (tertiary/aromatic N) is 3. The van der Waals surface area contributed by atoms with Gasteiger partial charge < -0.3 is 9.14 Å². The van der Waals surface area contributed by atoms with Crippen LogP contribution in [-0.2, 0) is 0 Å². The molecule has 0 amide bonds. The number of pyridine rings is 1. The summed E-state index contributed by atoms with van der Waals surface area (Å²) in [6.45, 7) is 4.16. The monoisotopic (exact) mass is 215 g/mol. The lowest BCUT2D eigenvalue weighted by Gasteiger charge is -2.07. The fourth-order valence-electron chi connectivity index (χ4n) is 1.47. The standard InChI is InChI=1S/C12H13N3O/c1-9(6-13)8-16-11-4-3-5-15-7-10(2)14-12(11)15/h3-5,7,9H,8H2,1-2H3. The summed E-state index contributed by atoms with van der Waals surface area (Å²) in [5.74, 6) is 0.606. The van der Waals surface area contributed by atoms with E-state index in [9.17, 15) is 0 Å². The van der Waals surface area contributed by atoms with E-state index in [-0.39, 0.29) is 5.92 Å². The molecule has 0 aliphatic heterocycles. The predicted octanol–water partition coefficient (Wildman–Crippen LogP) is 2.18. The highest BCUT2D eigenvalue weighted by Gasteiger charge is 2.07. The highest BCUT2D eigenvalue weighted by atomic mass is 16.5. The molecular formula is C12H13N3O. The van der Waals surface area contributed by atoms with E-state index in [1.807, 2.05) is 42.8 Å². The minimum Gasteiger partial charge on any atom is -0.488 e. The summed E-state index contributed by atoms with van der Waals surface area (Å²) < 4.78 is 7.50. The van der Waals surface area contributed by atoms with Gasteiger partial charge in [-0.15, -0.1) is 0 Å². The highest BCUT2D eigenvalue weighted by molar-refractivity contribution is 5.54. The molecule has 2 aromatic heterocycles. The molecular weight excluding hydrogens is 202 g/mol. The first kappa shape index (κ1) is 10.5. The van der Waals surface area contributed by atoms with Gasteiger partial charge in [0.2, 0.25) is 0 Å². The molecule has 0 aromatic carbocycles. The van der Waals surface area contributed by atoms with Crippen LogP contribution in [0.1, 0.15) is 12.6 Å². The van der Waals surface area contributed by atoms with E-state index < -0.39 is 0 Å². The van der Waals surface area contributed by atoms with Crippen molar-refractivity contribution < 1.29 is 4.74 Å². The van der Waals surface area contributed by atoms with Crippen LogP contribution in [0.5, 0.6) is 5.75 Å². The number of hydrogen-bond acceptors (Lipinski definition) is 3. The normalized spacial score (nSPS) is 12.3. The average Bonchev–Trinajstić information content (AvgIpc) is 2.66. The average molecular weight is 215 g/mol. The van der Waals surface area contributed by atoms with Gasteiger partial charge in [0.1, 0.15) is 6.61 Å². The molecule has 2 aromatic rings. The second-order valence-corrected chi connectivity index (χ2v) is 3.83. The molecule has 1 atom stereocenters. The Labute approximate surface area is 94.1 Å². The first-order valence-corrected chi connectivity index (χ1v) is 5.17. The second-order valence-electron chi connectivity index (χ2n) is 3.83. The number of nitriles is 1. The second kappa shape index (κ2) is 4.23. The summed E-state index contributed by atoms with van der Waals surface area (Å²) in [5, 5.41) is 8.68. The summed E-state index contributed by atoms with van der Waals surface area (Å²) in [7, 11) is 0. The summed E-state index contributed by atoms with van der Waals surface area (Å²) in [5.41, 5.74) is 1.74. The lowest BCUT2D eigenvalue weighted by molar-refractivity contribution is 0.290. The number of imidazole rings is 1. The van der Waals surface area contributed by atoms with Gasteiger partial charge >= 0.3 is 0 Å². The van der Waals surface area contributed by atoms with Crippen LogP contribution in [0.25, 0.3) is 5.65 Å². The Kier molecular flexibility index (Phi) is 2.78. The van der Waals surface area contributed by atoms with Gasteiger partial charge in [0.25, 0.3) is 0 Å². The minimum absolute atomic E-state index is 0.115. The molecule has 2 rings (SSSR count). The van der Waals surface area contributed by atoms with Gasteiger partial charge in [-0.1, -0.05) is 0 Å². The summed E-state index contributed by atoms with van der Waals surface area (Å²) in [6.07, 6.45) is 3.87.